The second-order valence-corrected chi connectivity index (χ2v) is 5.94. The Kier molecular flexibility index (Phi) is 3.77. The molecule has 2 aliphatic heterocycles. The van der Waals surface area contributed by atoms with Gasteiger partial charge in [-0.15, -0.1) is 11.8 Å². The summed E-state index contributed by atoms with van der Waals surface area (Å²) in [4.78, 5) is 14.2. The molecule has 0 aliphatic carbocycles. The molecule has 0 aromatic carbocycles. The molecule has 0 aromatic rings. The van der Waals surface area contributed by atoms with Gasteiger partial charge in [-0.2, -0.15) is 0 Å². The van der Waals surface area contributed by atoms with Crippen LogP contribution in [0.3, 0.4) is 0 Å². The molecule has 0 N–H and O–H groups in total. The highest BCUT2D eigenvalue weighted by molar-refractivity contribution is 9.09. The maximum atomic E-state index is 12.1. The predicted octanol–water partition coefficient (Wildman–Crippen LogP) is 2.27. The van der Waals surface area contributed by atoms with Gasteiger partial charge in [0.15, 0.2) is 0 Å². The fraction of sp³-hybridized carbons (Fsp3) is 0.900. The third-order valence-electron chi connectivity index (χ3n) is 3.04. The molecule has 0 radical (unpaired) electrons. The predicted molar refractivity (Wildman–Crippen MR) is 64.0 cm³/mol. The van der Waals surface area contributed by atoms with Crippen LogP contribution in [0.2, 0.25) is 0 Å². The van der Waals surface area contributed by atoms with Crippen LogP contribution in [0.5, 0.6) is 0 Å². The number of rotatable bonds is 2. The molecule has 0 saturated carbocycles. The zero-order valence-corrected chi connectivity index (χ0v) is 10.6. The quantitative estimate of drug-likeness (QED) is 0.722. The van der Waals surface area contributed by atoms with Gasteiger partial charge in [0.05, 0.1) is 5.25 Å². The minimum Gasteiger partial charge on any atom is -0.338 e. The van der Waals surface area contributed by atoms with Crippen molar-refractivity contribution in [1.29, 1.82) is 0 Å². The van der Waals surface area contributed by atoms with Crippen molar-refractivity contribution in [2.75, 3.05) is 17.6 Å². The standard InChI is InChI=1S/C10H16BrNOS/c11-7-8-3-1-5-12(8)10(13)9-4-2-6-14-9/h8-9H,1-7H2/t8-,9?/m1/s1. The molecule has 2 aliphatic rings. The van der Waals surface area contributed by atoms with Gasteiger partial charge in [0.2, 0.25) is 5.91 Å². The summed E-state index contributed by atoms with van der Waals surface area (Å²) in [5.41, 5.74) is 0. The third kappa shape index (κ3) is 2.11. The summed E-state index contributed by atoms with van der Waals surface area (Å²) < 4.78 is 0. The molecule has 2 nitrogen and oxygen atoms in total. The van der Waals surface area contributed by atoms with Crippen molar-refractivity contribution in [2.45, 2.75) is 37.0 Å². The number of nitrogens with zero attached hydrogens (tertiary/aromatic N) is 1. The lowest BCUT2D eigenvalue weighted by molar-refractivity contribution is -0.131. The molecule has 14 heavy (non-hydrogen) atoms. The molecule has 4 heteroatoms. The van der Waals surface area contributed by atoms with Crippen molar-refractivity contribution < 1.29 is 4.79 Å². The topological polar surface area (TPSA) is 20.3 Å². The van der Waals surface area contributed by atoms with Gasteiger partial charge >= 0.3 is 0 Å². The number of hydrogen-bond donors (Lipinski definition) is 0. The van der Waals surface area contributed by atoms with E-state index in [-0.39, 0.29) is 5.25 Å². The number of hydrogen-bond acceptors (Lipinski definition) is 2. The number of carbonyl (C=O) groups excluding carboxylic acids is 1. The number of alkyl halides is 1. The van der Waals surface area contributed by atoms with Gasteiger partial charge in [0, 0.05) is 17.9 Å². The van der Waals surface area contributed by atoms with Crippen LogP contribution in [0, 0.1) is 0 Å². The first-order valence-corrected chi connectivity index (χ1v) is 7.48. The van der Waals surface area contributed by atoms with Crippen LogP contribution in [0.4, 0.5) is 0 Å². The molecule has 2 saturated heterocycles. The van der Waals surface area contributed by atoms with Crippen LogP contribution in [-0.2, 0) is 4.79 Å². The normalized spacial score (nSPS) is 32.5. The first-order valence-electron chi connectivity index (χ1n) is 5.31. The Hall–Kier alpha value is 0.300. The number of thioether (sulfide) groups is 1. The SMILES string of the molecule is O=C(C1CCCS1)N1CCC[C@@H]1CBr. The minimum atomic E-state index is 0.273. The van der Waals surface area contributed by atoms with Gasteiger partial charge in [-0.3, -0.25) is 4.79 Å². The van der Waals surface area contributed by atoms with Gasteiger partial charge in [-0.1, -0.05) is 15.9 Å². The van der Waals surface area contributed by atoms with Gasteiger partial charge in [0.25, 0.3) is 0 Å². The summed E-state index contributed by atoms with van der Waals surface area (Å²) >= 11 is 5.34. The van der Waals surface area contributed by atoms with Crippen molar-refractivity contribution in [3.8, 4) is 0 Å². The molecule has 0 bridgehead atoms. The van der Waals surface area contributed by atoms with Crippen molar-refractivity contribution in [3.05, 3.63) is 0 Å². The molecule has 80 valence electrons. The Morgan fingerprint density at radius 2 is 2.29 bits per heavy atom. The fourth-order valence-corrected chi connectivity index (χ4v) is 4.15. The van der Waals surface area contributed by atoms with E-state index in [0.29, 0.717) is 11.9 Å². The molecular weight excluding hydrogens is 262 g/mol. The lowest BCUT2D eigenvalue weighted by Gasteiger charge is -2.25. The van der Waals surface area contributed by atoms with E-state index in [2.05, 4.69) is 20.8 Å². The van der Waals surface area contributed by atoms with E-state index in [1.807, 2.05) is 11.8 Å². The van der Waals surface area contributed by atoms with Crippen molar-refractivity contribution in [2.24, 2.45) is 0 Å². The number of halogens is 1. The molecule has 1 unspecified atom stereocenters. The second kappa shape index (κ2) is 4.88. The summed E-state index contributed by atoms with van der Waals surface area (Å²) in [5, 5.41) is 1.21. The smallest absolute Gasteiger partial charge is 0.235 e. The van der Waals surface area contributed by atoms with E-state index < -0.39 is 0 Å². The zero-order valence-electron chi connectivity index (χ0n) is 8.25. The van der Waals surface area contributed by atoms with Gasteiger partial charge in [-0.05, 0) is 31.4 Å². The lowest BCUT2D eigenvalue weighted by Crippen LogP contribution is -2.41. The van der Waals surface area contributed by atoms with Gasteiger partial charge in [0.1, 0.15) is 0 Å². The van der Waals surface area contributed by atoms with Crippen LogP contribution >= 0.6 is 27.7 Å². The Labute approximate surface area is 97.9 Å². The van der Waals surface area contributed by atoms with E-state index in [4.69, 9.17) is 0 Å². The Morgan fingerprint density at radius 1 is 1.43 bits per heavy atom. The molecule has 2 rings (SSSR count). The lowest BCUT2D eigenvalue weighted by atomic mass is 10.2. The highest BCUT2D eigenvalue weighted by Gasteiger charge is 2.33. The third-order valence-corrected chi connectivity index (χ3v) is 5.15. The van der Waals surface area contributed by atoms with Crippen LogP contribution in [0.25, 0.3) is 0 Å². The van der Waals surface area contributed by atoms with Crippen LogP contribution < -0.4 is 0 Å². The van der Waals surface area contributed by atoms with E-state index in [1.54, 1.807) is 0 Å². The second-order valence-electron chi connectivity index (χ2n) is 3.98. The van der Waals surface area contributed by atoms with Crippen molar-refractivity contribution in [3.63, 3.8) is 0 Å². The van der Waals surface area contributed by atoms with Gasteiger partial charge in [-0.25, -0.2) is 0 Å². The maximum absolute atomic E-state index is 12.1. The Balaban J connectivity index is 1.95. The first-order chi connectivity index (χ1) is 6.83. The zero-order chi connectivity index (χ0) is 9.97. The van der Waals surface area contributed by atoms with E-state index in [1.165, 1.54) is 25.0 Å². The molecule has 0 spiro atoms. The summed E-state index contributed by atoms with van der Waals surface area (Å²) in [6, 6.07) is 0.462. The summed E-state index contributed by atoms with van der Waals surface area (Å²) in [6.45, 7) is 0.978. The molecule has 2 fully saturated rings. The number of carbonyl (C=O) groups is 1. The van der Waals surface area contributed by atoms with Crippen LogP contribution in [0.15, 0.2) is 0 Å². The number of likely N-dealkylation sites (tertiary alicyclic amines) is 1. The van der Waals surface area contributed by atoms with E-state index in [9.17, 15) is 4.79 Å². The number of amides is 1. The highest BCUT2D eigenvalue weighted by atomic mass is 79.9. The average molecular weight is 278 g/mol. The van der Waals surface area contributed by atoms with Crippen molar-refractivity contribution in [1.82, 2.24) is 4.90 Å². The van der Waals surface area contributed by atoms with Crippen LogP contribution in [0.1, 0.15) is 25.7 Å². The molecule has 1 amide bonds. The van der Waals surface area contributed by atoms with Gasteiger partial charge < -0.3 is 4.90 Å². The maximum Gasteiger partial charge on any atom is 0.235 e. The molecule has 2 atom stereocenters. The minimum absolute atomic E-state index is 0.273. The monoisotopic (exact) mass is 277 g/mol. The first kappa shape index (κ1) is 10.8. The van der Waals surface area contributed by atoms with E-state index in [0.717, 1.165) is 18.3 Å². The average Bonchev–Trinajstić information content (AvgIpc) is 2.87. The summed E-state index contributed by atoms with van der Waals surface area (Å²) in [5.74, 6) is 1.57. The van der Waals surface area contributed by atoms with E-state index >= 15 is 0 Å². The fourth-order valence-electron chi connectivity index (χ4n) is 2.24. The molecule has 2 heterocycles. The molecular formula is C10H16BrNOS. The summed E-state index contributed by atoms with van der Waals surface area (Å²) in [6.07, 6.45) is 4.66. The van der Waals surface area contributed by atoms with Crippen molar-refractivity contribution >= 4 is 33.6 Å². The summed E-state index contributed by atoms with van der Waals surface area (Å²) in [7, 11) is 0. The van der Waals surface area contributed by atoms with Crippen LogP contribution in [-0.4, -0.2) is 39.7 Å². The molecule has 0 aromatic heterocycles. The largest absolute Gasteiger partial charge is 0.338 e. The Morgan fingerprint density at radius 3 is 2.93 bits per heavy atom. The highest BCUT2D eigenvalue weighted by Crippen LogP contribution is 2.30. The Bertz CT molecular complexity index is 218.